The number of aryl methyl sites for hydroxylation is 1. The Bertz CT molecular complexity index is 400. The van der Waals surface area contributed by atoms with Gasteiger partial charge in [-0.25, -0.2) is 0 Å². The Morgan fingerprint density at radius 3 is 2.88 bits per heavy atom. The van der Waals surface area contributed by atoms with Gasteiger partial charge in [-0.2, -0.15) is 4.98 Å². The number of aromatic nitrogens is 2. The fraction of sp³-hybridized carbons (Fsp3) is 0.750. The highest BCUT2D eigenvalue weighted by molar-refractivity contribution is 5.78. The van der Waals surface area contributed by atoms with Crippen LogP contribution in [0.2, 0.25) is 0 Å². The van der Waals surface area contributed by atoms with E-state index in [9.17, 15) is 4.79 Å². The van der Waals surface area contributed by atoms with E-state index in [4.69, 9.17) is 4.52 Å². The molecule has 0 radical (unpaired) electrons. The summed E-state index contributed by atoms with van der Waals surface area (Å²) in [6.07, 6.45) is 2.02. The van der Waals surface area contributed by atoms with Crippen molar-refractivity contribution in [1.29, 1.82) is 0 Å². The van der Waals surface area contributed by atoms with E-state index in [1.807, 2.05) is 25.7 Å². The van der Waals surface area contributed by atoms with Gasteiger partial charge in [-0.1, -0.05) is 19.0 Å². The van der Waals surface area contributed by atoms with E-state index in [2.05, 4.69) is 10.1 Å². The van der Waals surface area contributed by atoms with Crippen LogP contribution >= 0.6 is 0 Å². The Balaban J connectivity index is 2.04. The van der Waals surface area contributed by atoms with Crippen LogP contribution in [-0.2, 0) is 4.79 Å². The molecule has 5 heteroatoms. The number of rotatable bonds is 2. The first-order chi connectivity index (χ1) is 8.08. The molecule has 1 fully saturated rings. The number of amides is 1. The molecule has 1 aromatic heterocycles. The molecule has 1 saturated heterocycles. The maximum Gasteiger partial charge on any atom is 0.231 e. The van der Waals surface area contributed by atoms with E-state index >= 15 is 0 Å². The number of hydrogen-bond acceptors (Lipinski definition) is 4. The molecule has 1 atom stereocenters. The van der Waals surface area contributed by atoms with E-state index < -0.39 is 0 Å². The Morgan fingerprint density at radius 2 is 2.29 bits per heavy atom. The topological polar surface area (TPSA) is 59.2 Å². The molecular weight excluding hydrogens is 218 g/mol. The lowest BCUT2D eigenvalue weighted by molar-refractivity contribution is -0.135. The summed E-state index contributed by atoms with van der Waals surface area (Å²) in [7, 11) is 0. The number of carbonyl (C=O) groups excluding carboxylic acids is 1. The molecule has 1 unspecified atom stereocenters. The first kappa shape index (κ1) is 12.1. The molecule has 17 heavy (non-hydrogen) atoms. The summed E-state index contributed by atoms with van der Waals surface area (Å²) in [6, 6.07) is 0. The van der Waals surface area contributed by atoms with Crippen LogP contribution in [-0.4, -0.2) is 34.0 Å². The highest BCUT2D eigenvalue weighted by atomic mass is 16.5. The van der Waals surface area contributed by atoms with Crippen molar-refractivity contribution < 1.29 is 9.32 Å². The second-order valence-corrected chi connectivity index (χ2v) is 4.96. The standard InChI is InChI=1S/C12H19N3O2/c1-8(2)12(16)15-6-4-5-10(7-15)11-13-9(3)14-17-11/h8,10H,4-7H2,1-3H3. The van der Waals surface area contributed by atoms with Gasteiger partial charge in [-0.3, -0.25) is 4.79 Å². The Morgan fingerprint density at radius 1 is 1.53 bits per heavy atom. The van der Waals surface area contributed by atoms with Gasteiger partial charge in [0.1, 0.15) is 0 Å². The summed E-state index contributed by atoms with van der Waals surface area (Å²) in [6.45, 7) is 7.23. The van der Waals surface area contributed by atoms with Crippen LogP contribution in [0.5, 0.6) is 0 Å². The highest BCUT2D eigenvalue weighted by Gasteiger charge is 2.28. The number of hydrogen-bond donors (Lipinski definition) is 0. The van der Waals surface area contributed by atoms with E-state index in [1.54, 1.807) is 0 Å². The summed E-state index contributed by atoms with van der Waals surface area (Å²) in [5.41, 5.74) is 0. The maximum atomic E-state index is 11.9. The minimum Gasteiger partial charge on any atom is -0.342 e. The SMILES string of the molecule is Cc1noc(C2CCCN(C(=O)C(C)C)C2)n1. The van der Waals surface area contributed by atoms with E-state index in [1.165, 1.54) is 0 Å². The molecule has 1 aromatic rings. The minimum absolute atomic E-state index is 0.0539. The molecule has 0 spiro atoms. The molecule has 0 saturated carbocycles. The van der Waals surface area contributed by atoms with Crippen LogP contribution < -0.4 is 0 Å². The lowest BCUT2D eigenvalue weighted by Crippen LogP contribution is -2.41. The second-order valence-electron chi connectivity index (χ2n) is 4.96. The Labute approximate surface area is 101 Å². The highest BCUT2D eigenvalue weighted by Crippen LogP contribution is 2.26. The minimum atomic E-state index is 0.0539. The van der Waals surface area contributed by atoms with Crippen molar-refractivity contribution in [3.8, 4) is 0 Å². The number of carbonyl (C=O) groups is 1. The predicted octanol–water partition coefficient (Wildman–Crippen LogP) is 1.74. The zero-order valence-corrected chi connectivity index (χ0v) is 10.6. The first-order valence-corrected chi connectivity index (χ1v) is 6.17. The summed E-state index contributed by atoms with van der Waals surface area (Å²) in [4.78, 5) is 18.1. The molecule has 0 aromatic carbocycles. The lowest BCUT2D eigenvalue weighted by atomic mass is 9.97. The molecule has 94 valence electrons. The number of piperidine rings is 1. The molecule has 2 rings (SSSR count). The lowest BCUT2D eigenvalue weighted by Gasteiger charge is -2.32. The molecule has 0 bridgehead atoms. The van der Waals surface area contributed by atoms with E-state index in [0.29, 0.717) is 18.3 Å². The van der Waals surface area contributed by atoms with Crippen LogP contribution in [0.25, 0.3) is 0 Å². The van der Waals surface area contributed by atoms with Gasteiger partial charge < -0.3 is 9.42 Å². The summed E-state index contributed by atoms with van der Waals surface area (Å²) >= 11 is 0. The van der Waals surface area contributed by atoms with Crippen molar-refractivity contribution in [2.45, 2.75) is 39.5 Å². The molecule has 1 aliphatic heterocycles. The van der Waals surface area contributed by atoms with Crippen LogP contribution in [0.3, 0.4) is 0 Å². The van der Waals surface area contributed by atoms with Gasteiger partial charge in [-0.15, -0.1) is 0 Å². The third kappa shape index (κ3) is 2.65. The molecule has 0 N–H and O–H groups in total. The van der Waals surface area contributed by atoms with Crippen molar-refractivity contribution in [3.05, 3.63) is 11.7 Å². The summed E-state index contributed by atoms with van der Waals surface area (Å²) < 4.78 is 5.19. The normalized spacial score (nSPS) is 20.9. The third-order valence-corrected chi connectivity index (χ3v) is 3.12. The average molecular weight is 237 g/mol. The molecule has 0 aliphatic carbocycles. The molecule has 1 amide bonds. The van der Waals surface area contributed by atoms with Crippen molar-refractivity contribution in [1.82, 2.24) is 15.0 Å². The smallest absolute Gasteiger partial charge is 0.231 e. The van der Waals surface area contributed by atoms with Crippen LogP contribution in [0.1, 0.15) is 44.3 Å². The maximum absolute atomic E-state index is 11.9. The van der Waals surface area contributed by atoms with Crippen LogP contribution in [0, 0.1) is 12.8 Å². The zero-order valence-electron chi connectivity index (χ0n) is 10.6. The van der Waals surface area contributed by atoms with Gasteiger partial charge in [0.05, 0.1) is 5.92 Å². The van der Waals surface area contributed by atoms with Gasteiger partial charge >= 0.3 is 0 Å². The largest absolute Gasteiger partial charge is 0.342 e. The van der Waals surface area contributed by atoms with Gasteiger partial charge in [-0.05, 0) is 19.8 Å². The Kier molecular flexibility index (Phi) is 3.45. The summed E-state index contributed by atoms with van der Waals surface area (Å²) in [5.74, 6) is 1.80. The van der Waals surface area contributed by atoms with Crippen molar-refractivity contribution in [3.63, 3.8) is 0 Å². The second kappa shape index (κ2) is 4.85. The summed E-state index contributed by atoms with van der Waals surface area (Å²) in [5, 5.41) is 3.81. The van der Waals surface area contributed by atoms with E-state index in [0.717, 1.165) is 19.4 Å². The van der Waals surface area contributed by atoms with Crippen molar-refractivity contribution in [2.24, 2.45) is 5.92 Å². The quantitative estimate of drug-likeness (QED) is 0.786. The van der Waals surface area contributed by atoms with Crippen LogP contribution in [0.15, 0.2) is 4.52 Å². The van der Waals surface area contributed by atoms with Gasteiger partial charge in [0.2, 0.25) is 11.8 Å². The average Bonchev–Trinajstić information content (AvgIpc) is 2.75. The van der Waals surface area contributed by atoms with E-state index in [-0.39, 0.29) is 17.7 Å². The molecule has 1 aliphatic rings. The first-order valence-electron chi connectivity index (χ1n) is 6.17. The van der Waals surface area contributed by atoms with Gasteiger partial charge in [0.15, 0.2) is 5.82 Å². The predicted molar refractivity (Wildman–Crippen MR) is 62.4 cm³/mol. The van der Waals surface area contributed by atoms with Crippen molar-refractivity contribution in [2.75, 3.05) is 13.1 Å². The fourth-order valence-corrected chi connectivity index (χ4v) is 2.22. The third-order valence-electron chi connectivity index (χ3n) is 3.12. The molecular formula is C12H19N3O2. The Hall–Kier alpha value is -1.39. The zero-order chi connectivity index (χ0) is 12.4. The number of nitrogens with zero attached hydrogens (tertiary/aromatic N) is 3. The number of likely N-dealkylation sites (tertiary alicyclic amines) is 1. The van der Waals surface area contributed by atoms with Crippen LogP contribution in [0.4, 0.5) is 0 Å². The van der Waals surface area contributed by atoms with Crippen molar-refractivity contribution >= 4 is 5.91 Å². The molecule has 5 nitrogen and oxygen atoms in total. The van der Waals surface area contributed by atoms with Gasteiger partial charge in [0.25, 0.3) is 0 Å². The monoisotopic (exact) mass is 237 g/mol. The molecule has 2 heterocycles. The fourth-order valence-electron chi connectivity index (χ4n) is 2.22. The van der Waals surface area contributed by atoms with Gasteiger partial charge in [0, 0.05) is 19.0 Å².